The molecule has 110 valence electrons. The molecule has 3 rings (SSSR count). The standard InChI is InChI=1S/C19H15ClO2/c20-18(21)19(22-17-9-5-2-6-10-17)13-11-16(12-14-19)15-7-3-1-4-8-15/h1-13H,14H2. The molecule has 22 heavy (non-hydrogen) atoms. The van der Waals surface area contributed by atoms with Crippen LogP contribution in [0.1, 0.15) is 12.0 Å². The monoisotopic (exact) mass is 310 g/mol. The van der Waals surface area contributed by atoms with Crippen LogP contribution < -0.4 is 4.74 Å². The Balaban J connectivity index is 1.85. The lowest BCUT2D eigenvalue weighted by Crippen LogP contribution is -2.40. The van der Waals surface area contributed by atoms with Crippen molar-refractivity contribution in [2.24, 2.45) is 0 Å². The first-order valence-corrected chi connectivity index (χ1v) is 7.46. The SMILES string of the molecule is O=C(Cl)C1(Oc2ccccc2)C=CC(c2ccccc2)=CC1. The highest BCUT2D eigenvalue weighted by Gasteiger charge is 2.38. The van der Waals surface area contributed by atoms with E-state index < -0.39 is 10.8 Å². The van der Waals surface area contributed by atoms with Gasteiger partial charge in [0.05, 0.1) is 0 Å². The smallest absolute Gasteiger partial charge is 0.269 e. The highest BCUT2D eigenvalue weighted by Crippen LogP contribution is 2.32. The van der Waals surface area contributed by atoms with Crippen LogP contribution in [-0.4, -0.2) is 10.8 Å². The lowest BCUT2D eigenvalue weighted by molar-refractivity contribution is -0.122. The molecular weight excluding hydrogens is 296 g/mol. The zero-order valence-corrected chi connectivity index (χ0v) is 12.7. The summed E-state index contributed by atoms with van der Waals surface area (Å²) >= 11 is 5.81. The van der Waals surface area contributed by atoms with Crippen LogP contribution in [0.15, 0.2) is 78.9 Å². The van der Waals surface area contributed by atoms with Gasteiger partial charge in [0.15, 0.2) is 0 Å². The summed E-state index contributed by atoms with van der Waals surface area (Å²) in [5, 5.41) is -0.518. The van der Waals surface area contributed by atoms with E-state index in [9.17, 15) is 4.79 Å². The third-order valence-corrected chi connectivity index (χ3v) is 3.96. The van der Waals surface area contributed by atoms with Gasteiger partial charge in [-0.1, -0.05) is 60.7 Å². The fraction of sp³-hybridized carbons (Fsp3) is 0.105. The van der Waals surface area contributed by atoms with Crippen molar-refractivity contribution in [3.8, 4) is 5.75 Å². The number of carbonyl (C=O) groups is 1. The number of halogens is 1. The molecule has 0 aliphatic heterocycles. The molecule has 2 aromatic rings. The lowest BCUT2D eigenvalue weighted by atomic mass is 9.90. The summed E-state index contributed by atoms with van der Waals surface area (Å²) in [6.45, 7) is 0. The number of allylic oxidation sites excluding steroid dienone is 2. The van der Waals surface area contributed by atoms with E-state index in [1.165, 1.54) is 0 Å². The molecule has 0 bridgehead atoms. The second-order valence-corrected chi connectivity index (χ2v) is 5.48. The Bertz CT molecular complexity index is 720. The molecule has 0 radical (unpaired) electrons. The summed E-state index contributed by atoms with van der Waals surface area (Å²) in [7, 11) is 0. The van der Waals surface area contributed by atoms with Gasteiger partial charge in [0.25, 0.3) is 5.24 Å². The second kappa shape index (κ2) is 6.20. The van der Waals surface area contributed by atoms with Gasteiger partial charge in [-0.15, -0.1) is 0 Å². The van der Waals surface area contributed by atoms with Gasteiger partial charge in [-0.2, -0.15) is 0 Å². The molecule has 0 saturated carbocycles. The number of carbonyl (C=O) groups excluding carboxylic acids is 1. The first kappa shape index (κ1) is 14.6. The maximum absolute atomic E-state index is 11.9. The van der Waals surface area contributed by atoms with Crippen LogP contribution in [0.2, 0.25) is 0 Å². The minimum Gasteiger partial charge on any atom is -0.474 e. The molecule has 1 aliphatic carbocycles. The van der Waals surface area contributed by atoms with Gasteiger partial charge in [-0.25, -0.2) is 0 Å². The van der Waals surface area contributed by atoms with Crippen molar-refractivity contribution in [3.63, 3.8) is 0 Å². The molecule has 1 unspecified atom stereocenters. The maximum atomic E-state index is 11.9. The quantitative estimate of drug-likeness (QED) is 0.771. The predicted octanol–water partition coefficient (Wildman–Crippen LogP) is 4.61. The molecule has 0 spiro atoms. The van der Waals surface area contributed by atoms with Crippen molar-refractivity contribution in [1.29, 1.82) is 0 Å². The first-order valence-electron chi connectivity index (χ1n) is 7.08. The number of para-hydroxylation sites is 1. The van der Waals surface area contributed by atoms with Crippen molar-refractivity contribution < 1.29 is 9.53 Å². The summed E-state index contributed by atoms with van der Waals surface area (Å²) < 4.78 is 5.88. The zero-order valence-electron chi connectivity index (χ0n) is 11.9. The van der Waals surface area contributed by atoms with Crippen LogP contribution in [-0.2, 0) is 4.79 Å². The Hall–Kier alpha value is -2.32. The summed E-state index contributed by atoms with van der Waals surface area (Å²) in [5.74, 6) is 0.623. The van der Waals surface area contributed by atoms with Gasteiger partial charge in [-0.3, -0.25) is 4.79 Å². The van der Waals surface area contributed by atoms with Crippen LogP contribution in [0.3, 0.4) is 0 Å². The first-order chi connectivity index (χ1) is 10.7. The fourth-order valence-electron chi connectivity index (χ4n) is 2.43. The van der Waals surface area contributed by atoms with Gasteiger partial charge in [0, 0.05) is 6.42 Å². The third kappa shape index (κ3) is 2.97. The second-order valence-electron chi connectivity index (χ2n) is 5.14. The van der Waals surface area contributed by atoms with E-state index in [0.717, 1.165) is 11.1 Å². The largest absolute Gasteiger partial charge is 0.474 e. The molecular formula is C19H15ClO2. The fourth-order valence-corrected chi connectivity index (χ4v) is 2.61. The van der Waals surface area contributed by atoms with Crippen LogP contribution in [0.5, 0.6) is 5.75 Å². The van der Waals surface area contributed by atoms with E-state index >= 15 is 0 Å². The van der Waals surface area contributed by atoms with Crippen molar-refractivity contribution in [1.82, 2.24) is 0 Å². The molecule has 1 aliphatic rings. The topological polar surface area (TPSA) is 26.3 Å². The minimum atomic E-state index is -1.14. The van der Waals surface area contributed by atoms with E-state index in [0.29, 0.717) is 12.2 Å². The highest BCUT2D eigenvalue weighted by atomic mass is 35.5. The van der Waals surface area contributed by atoms with Gasteiger partial charge < -0.3 is 4.74 Å². The van der Waals surface area contributed by atoms with Crippen molar-refractivity contribution >= 4 is 22.4 Å². The van der Waals surface area contributed by atoms with E-state index in [4.69, 9.17) is 16.3 Å². The Morgan fingerprint density at radius 1 is 1.00 bits per heavy atom. The van der Waals surface area contributed by atoms with Crippen LogP contribution >= 0.6 is 11.6 Å². The lowest BCUT2D eigenvalue weighted by Gasteiger charge is -2.29. The average molecular weight is 311 g/mol. The number of hydrogen-bond donors (Lipinski definition) is 0. The maximum Gasteiger partial charge on any atom is 0.269 e. The molecule has 0 saturated heterocycles. The molecule has 0 N–H and O–H groups in total. The van der Waals surface area contributed by atoms with Crippen molar-refractivity contribution in [2.45, 2.75) is 12.0 Å². The number of rotatable bonds is 4. The van der Waals surface area contributed by atoms with Crippen LogP contribution in [0, 0.1) is 0 Å². The Morgan fingerprint density at radius 3 is 2.18 bits per heavy atom. The zero-order chi connectivity index (χ0) is 15.4. The molecule has 2 aromatic carbocycles. The summed E-state index contributed by atoms with van der Waals surface area (Å²) in [4.78, 5) is 11.9. The molecule has 2 nitrogen and oxygen atoms in total. The Morgan fingerprint density at radius 2 is 1.64 bits per heavy atom. The Labute approximate surface area is 134 Å². The van der Waals surface area contributed by atoms with Gasteiger partial charge in [-0.05, 0) is 40.9 Å². The van der Waals surface area contributed by atoms with E-state index in [-0.39, 0.29) is 0 Å². The number of hydrogen-bond acceptors (Lipinski definition) is 2. The molecule has 1 atom stereocenters. The Kier molecular flexibility index (Phi) is 4.12. The molecule has 0 aromatic heterocycles. The number of benzene rings is 2. The molecule has 0 fully saturated rings. The summed E-state index contributed by atoms with van der Waals surface area (Å²) in [5.41, 5.74) is 1.03. The summed E-state index contributed by atoms with van der Waals surface area (Å²) in [6.07, 6.45) is 6.03. The van der Waals surface area contributed by atoms with E-state index in [2.05, 4.69) is 0 Å². The van der Waals surface area contributed by atoms with Crippen LogP contribution in [0.25, 0.3) is 5.57 Å². The van der Waals surface area contributed by atoms with Crippen molar-refractivity contribution in [3.05, 3.63) is 84.5 Å². The summed E-state index contributed by atoms with van der Waals surface area (Å²) in [6, 6.07) is 19.2. The van der Waals surface area contributed by atoms with E-state index in [1.54, 1.807) is 6.08 Å². The predicted molar refractivity (Wildman–Crippen MR) is 88.8 cm³/mol. The van der Waals surface area contributed by atoms with Gasteiger partial charge in [0.1, 0.15) is 5.75 Å². The van der Waals surface area contributed by atoms with Crippen LogP contribution in [0.4, 0.5) is 0 Å². The molecule has 0 amide bonds. The minimum absolute atomic E-state index is 0.408. The van der Waals surface area contributed by atoms with Crippen molar-refractivity contribution in [2.75, 3.05) is 0 Å². The third-order valence-electron chi connectivity index (χ3n) is 3.64. The highest BCUT2D eigenvalue weighted by molar-refractivity contribution is 6.65. The molecule has 3 heteroatoms. The number of ether oxygens (including phenoxy) is 1. The van der Waals surface area contributed by atoms with Gasteiger partial charge >= 0.3 is 0 Å². The average Bonchev–Trinajstić information content (AvgIpc) is 2.57. The molecule has 0 heterocycles. The normalized spacial score (nSPS) is 20.3. The van der Waals surface area contributed by atoms with E-state index in [1.807, 2.05) is 72.8 Å². The van der Waals surface area contributed by atoms with Gasteiger partial charge in [0.2, 0.25) is 5.60 Å².